The number of carbonyl (C=O) groups is 1. The standard InChI is InChI=1S/C17H30ClN6O5P/c1-4-27-13(25)11-23(9-10-30(26,28-5-2)29-6-3)7-8-24-12-20-14-15(18)21-17(19)22-16(14)24/h12,15H,4-11H2,1-3H3,(H3,19,21,22). The molecule has 2 rings (SSSR count). The van der Waals surface area contributed by atoms with Crippen LogP contribution >= 0.6 is 19.2 Å². The Kier molecular flexibility index (Phi) is 9.57. The van der Waals surface area contributed by atoms with Gasteiger partial charge in [0, 0.05) is 19.6 Å². The molecule has 1 atom stereocenters. The normalized spacial score (nSPS) is 16.2. The van der Waals surface area contributed by atoms with E-state index in [-0.39, 0.29) is 44.5 Å². The van der Waals surface area contributed by atoms with Gasteiger partial charge in [0.25, 0.3) is 0 Å². The molecule has 0 fully saturated rings. The number of halogens is 1. The third-order valence-corrected chi connectivity index (χ3v) is 6.60. The summed E-state index contributed by atoms with van der Waals surface area (Å²) in [6.45, 7) is 7.42. The Bertz CT molecular complexity index is 779. The summed E-state index contributed by atoms with van der Waals surface area (Å²) >= 11 is 6.20. The number of aromatic nitrogens is 2. The second-order valence-corrected chi connectivity index (χ2v) is 9.02. The number of aliphatic imine (C=N–C) groups is 1. The molecular formula is C17H30ClN6O5P. The van der Waals surface area contributed by atoms with Crippen LogP contribution in [0.1, 0.15) is 32.0 Å². The Balaban J connectivity index is 2.07. The van der Waals surface area contributed by atoms with Crippen molar-refractivity contribution in [3.05, 3.63) is 12.0 Å². The zero-order valence-corrected chi connectivity index (χ0v) is 19.2. The van der Waals surface area contributed by atoms with E-state index in [1.165, 1.54) is 0 Å². The van der Waals surface area contributed by atoms with Crippen LogP contribution in [-0.2, 0) is 29.7 Å². The summed E-state index contributed by atoms with van der Waals surface area (Å²) in [5.41, 5.74) is 5.78. The number of carbonyl (C=O) groups excluding carboxylic acids is 1. The van der Waals surface area contributed by atoms with Crippen LogP contribution in [-0.4, -0.2) is 72.0 Å². The van der Waals surface area contributed by atoms with Gasteiger partial charge >= 0.3 is 13.6 Å². The van der Waals surface area contributed by atoms with Gasteiger partial charge in [0.05, 0.1) is 38.9 Å². The molecule has 0 amide bonds. The third-order valence-electron chi connectivity index (χ3n) is 4.24. The first-order valence-electron chi connectivity index (χ1n) is 9.87. The van der Waals surface area contributed by atoms with Gasteiger partial charge in [-0.25, -0.2) is 4.98 Å². The molecule has 0 saturated carbocycles. The molecule has 1 aliphatic rings. The van der Waals surface area contributed by atoms with E-state index in [0.717, 1.165) is 0 Å². The zero-order chi connectivity index (χ0) is 22.1. The maximum atomic E-state index is 12.8. The lowest BCUT2D eigenvalue weighted by Gasteiger charge is -2.24. The molecule has 1 unspecified atom stereocenters. The van der Waals surface area contributed by atoms with Crippen molar-refractivity contribution in [3.63, 3.8) is 0 Å². The molecule has 0 bridgehead atoms. The van der Waals surface area contributed by atoms with E-state index in [1.807, 2.05) is 4.90 Å². The lowest BCUT2D eigenvalue weighted by atomic mass is 10.3. The molecule has 13 heteroatoms. The Hall–Kier alpha value is -1.65. The van der Waals surface area contributed by atoms with Crippen LogP contribution < -0.4 is 11.1 Å². The molecule has 1 aliphatic heterocycles. The van der Waals surface area contributed by atoms with Gasteiger partial charge in [-0.1, -0.05) is 11.6 Å². The summed E-state index contributed by atoms with van der Waals surface area (Å²) in [4.78, 5) is 22.4. The highest BCUT2D eigenvalue weighted by molar-refractivity contribution is 7.53. The highest BCUT2D eigenvalue weighted by Crippen LogP contribution is 2.47. The lowest BCUT2D eigenvalue weighted by Crippen LogP contribution is -2.36. The van der Waals surface area contributed by atoms with Crippen molar-refractivity contribution in [1.82, 2.24) is 19.8 Å². The first-order valence-corrected chi connectivity index (χ1v) is 12.0. The van der Waals surface area contributed by atoms with E-state index in [2.05, 4.69) is 15.3 Å². The fourth-order valence-electron chi connectivity index (χ4n) is 2.93. The van der Waals surface area contributed by atoms with Crippen molar-refractivity contribution >= 4 is 36.9 Å². The van der Waals surface area contributed by atoms with Crippen LogP contribution in [0.5, 0.6) is 0 Å². The second-order valence-electron chi connectivity index (χ2n) is 6.40. The Morgan fingerprint density at radius 1 is 1.30 bits per heavy atom. The summed E-state index contributed by atoms with van der Waals surface area (Å²) in [5, 5.41) is 2.80. The second kappa shape index (κ2) is 11.7. The van der Waals surface area contributed by atoms with Gasteiger partial charge in [0.1, 0.15) is 5.69 Å². The molecule has 1 aromatic rings. The molecule has 0 radical (unpaired) electrons. The highest BCUT2D eigenvalue weighted by atomic mass is 35.5. The number of esters is 1. The number of nitrogens with two attached hydrogens (primary N) is 1. The molecule has 1 aromatic heterocycles. The van der Waals surface area contributed by atoms with Crippen LogP contribution in [0.15, 0.2) is 11.3 Å². The number of ether oxygens (including phenoxy) is 1. The number of alkyl halides is 1. The highest BCUT2D eigenvalue weighted by Gasteiger charge is 2.26. The molecule has 30 heavy (non-hydrogen) atoms. The SMILES string of the molecule is CCOC(=O)CN(CCn1cnc2c1N=C(N)NC2Cl)CCP(=O)(OCC)OCC. The van der Waals surface area contributed by atoms with E-state index < -0.39 is 13.1 Å². The smallest absolute Gasteiger partial charge is 0.331 e. The Morgan fingerprint density at radius 3 is 2.63 bits per heavy atom. The maximum absolute atomic E-state index is 12.8. The van der Waals surface area contributed by atoms with Crippen molar-refractivity contribution in [1.29, 1.82) is 0 Å². The number of fused-ring (bicyclic) bond motifs is 1. The van der Waals surface area contributed by atoms with Gasteiger partial charge in [0.2, 0.25) is 0 Å². The molecule has 0 saturated heterocycles. The van der Waals surface area contributed by atoms with E-state index in [4.69, 9.17) is 31.1 Å². The fraction of sp³-hybridized carbons (Fsp3) is 0.706. The minimum atomic E-state index is -3.23. The van der Waals surface area contributed by atoms with Crippen molar-refractivity contribution in [2.75, 3.05) is 45.6 Å². The molecular weight excluding hydrogens is 435 g/mol. The minimum absolute atomic E-state index is 0.0497. The topological polar surface area (TPSA) is 133 Å². The van der Waals surface area contributed by atoms with Gasteiger partial charge in [-0.15, -0.1) is 0 Å². The first kappa shape index (κ1) is 24.6. The number of imidazole rings is 1. The molecule has 170 valence electrons. The van der Waals surface area contributed by atoms with Crippen LogP contribution in [0.25, 0.3) is 0 Å². The molecule has 2 heterocycles. The van der Waals surface area contributed by atoms with Crippen LogP contribution in [0, 0.1) is 0 Å². The number of hydrogen-bond donors (Lipinski definition) is 2. The predicted molar refractivity (Wildman–Crippen MR) is 114 cm³/mol. The third kappa shape index (κ3) is 6.95. The van der Waals surface area contributed by atoms with E-state index in [9.17, 15) is 9.36 Å². The Morgan fingerprint density at radius 2 is 2.00 bits per heavy atom. The summed E-state index contributed by atoms with van der Waals surface area (Å²) in [6.07, 6.45) is 1.78. The average molecular weight is 465 g/mol. The molecule has 0 spiro atoms. The van der Waals surface area contributed by atoms with E-state index in [0.29, 0.717) is 31.1 Å². The van der Waals surface area contributed by atoms with Crippen LogP contribution in [0.3, 0.4) is 0 Å². The average Bonchev–Trinajstić information content (AvgIpc) is 3.08. The van der Waals surface area contributed by atoms with Gasteiger partial charge in [-0.3, -0.25) is 14.3 Å². The Labute approximate surface area is 181 Å². The summed E-state index contributed by atoms with van der Waals surface area (Å²) in [5.74, 6) is 0.415. The minimum Gasteiger partial charge on any atom is -0.465 e. The van der Waals surface area contributed by atoms with Gasteiger partial charge in [-0.05, 0) is 20.8 Å². The van der Waals surface area contributed by atoms with Crippen molar-refractivity contribution in [2.24, 2.45) is 10.7 Å². The number of guanidine groups is 1. The first-order chi connectivity index (χ1) is 14.3. The lowest BCUT2D eigenvalue weighted by molar-refractivity contribution is -0.144. The number of nitrogens with zero attached hydrogens (tertiary/aromatic N) is 4. The van der Waals surface area contributed by atoms with Crippen molar-refractivity contribution < 1.29 is 23.1 Å². The monoisotopic (exact) mass is 464 g/mol. The molecule has 3 N–H and O–H groups in total. The number of hydrogen-bond acceptors (Lipinski definition) is 10. The number of rotatable bonds is 13. The summed E-state index contributed by atoms with van der Waals surface area (Å²) in [6, 6.07) is 0. The molecule has 0 aromatic carbocycles. The van der Waals surface area contributed by atoms with Crippen molar-refractivity contribution in [3.8, 4) is 0 Å². The van der Waals surface area contributed by atoms with Crippen molar-refractivity contribution in [2.45, 2.75) is 32.8 Å². The number of nitrogens with one attached hydrogen (secondary N) is 1. The summed E-state index contributed by atoms with van der Waals surface area (Å²) in [7, 11) is -3.23. The van der Waals surface area contributed by atoms with E-state index >= 15 is 0 Å². The molecule has 0 aliphatic carbocycles. The quantitative estimate of drug-likeness (QED) is 0.194. The summed E-state index contributed by atoms with van der Waals surface area (Å²) < 4.78 is 30.3. The zero-order valence-electron chi connectivity index (χ0n) is 17.5. The van der Waals surface area contributed by atoms with Gasteiger partial charge in [0.15, 0.2) is 17.3 Å². The maximum Gasteiger partial charge on any atom is 0.331 e. The van der Waals surface area contributed by atoms with Gasteiger partial charge < -0.3 is 29.4 Å². The largest absolute Gasteiger partial charge is 0.465 e. The van der Waals surface area contributed by atoms with Crippen LogP contribution in [0.2, 0.25) is 0 Å². The van der Waals surface area contributed by atoms with Gasteiger partial charge in [-0.2, -0.15) is 4.99 Å². The predicted octanol–water partition coefficient (Wildman–Crippen LogP) is 1.80. The fourth-order valence-corrected chi connectivity index (χ4v) is 4.84. The molecule has 11 nitrogen and oxygen atoms in total. The van der Waals surface area contributed by atoms with E-state index in [1.54, 1.807) is 31.7 Å². The van der Waals surface area contributed by atoms with Crippen LogP contribution in [0.4, 0.5) is 5.82 Å².